The number of amides is 1. The van der Waals surface area contributed by atoms with Gasteiger partial charge in [-0.3, -0.25) is 14.5 Å². The summed E-state index contributed by atoms with van der Waals surface area (Å²) in [5.74, 6) is -0.552. The molecule has 1 aliphatic carbocycles. The van der Waals surface area contributed by atoms with Gasteiger partial charge in [-0.1, -0.05) is 61.3 Å². The van der Waals surface area contributed by atoms with Gasteiger partial charge in [0.05, 0.1) is 11.5 Å². The van der Waals surface area contributed by atoms with Crippen molar-refractivity contribution in [3.63, 3.8) is 0 Å². The summed E-state index contributed by atoms with van der Waals surface area (Å²) in [6.07, 6.45) is 13.1. The summed E-state index contributed by atoms with van der Waals surface area (Å²) in [4.78, 5) is 24.5. The summed E-state index contributed by atoms with van der Waals surface area (Å²) in [5.41, 5.74) is 0.577. The number of ether oxygens (including phenoxy) is 2. The standard InChI is InChI=1S/C22H27NO5S2/c1-5-27-18-13-12-16(15(3)22(18,4)28-6-2)10-8-7-9-11-17-20(26)23(14-19(24)25)21(29)30-17/h7-13,15H,5-6,14H2,1-4H3,(H,24,25). The number of allylic oxidation sites excluding steroid dienone is 7. The molecule has 1 aliphatic heterocycles. The highest BCUT2D eigenvalue weighted by atomic mass is 32.2. The van der Waals surface area contributed by atoms with Gasteiger partial charge >= 0.3 is 5.97 Å². The van der Waals surface area contributed by atoms with Gasteiger partial charge in [-0.25, -0.2) is 0 Å². The topological polar surface area (TPSA) is 76.1 Å². The van der Waals surface area contributed by atoms with Gasteiger partial charge in [0.1, 0.15) is 22.2 Å². The van der Waals surface area contributed by atoms with E-state index >= 15 is 0 Å². The van der Waals surface area contributed by atoms with Gasteiger partial charge in [-0.2, -0.15) is 0 Å². The molecule has 0 aromatic rings. The molecule has 6 nitrogen and oxygen atoms in total. The highest BCUT2D eigenvalue weighted by Gasteiger charge is 2.40. The second kappa shape index (κ2) is 10.7. The number of thioether (sulfide) groups is 1. The number of carbonyl (C=O) groups excluding carboxylic acids is 1. The molecular formula is C22H27NO5S2. The molecule has 1 fully saturated rings. The fourth-order valence-electron chi connectivity index (χ4n) is 3.22. The first-order chi connectivity index (χ1) is 14.2. The van der Waals surface area contributed by atoms with E-state index < -0.39 is 18.1 Å². The van der Waals surface area contributed by atoms with Crippen LogP contribution in [0.2, 0.25) is 0 Å². The molecule has 0 aromatic heterocycles. The van der Waals surface area contributed by atoms with Crippen molar-refractivity contribution in [3.05, 3.63) is 58.8 Å². The largest absolute Gasteiger partial charge is 0.495 e. The second-order valence-corrected chi connectivity index (χ2v) is 8.50. The Balaban J connectivity index is 2.08. The van der Waals surface area contributed by atoms with Crippen LogP contribution >= 0.6 is 24.0 Å². The molecule has 0 spiro atoms. The predicted octanol–water partition coefficient (Wildman–Crippen LogP) is 4.22. The number of carboxylic acids is 1. The highest BCUT2D eigenvalue weighted by molar-refractivity contribution is 8.26. The smallest absolute Gasteiger partial charge is 0.323 e. The Kier molecular flexibility index (Phi) is 8.64. The molecule has 0 bridgehead atoms. The Morgan fingerprint density at radius 2 is 2.03 bits per heavy atom. The molecule has 2 rings (SSSR count). The third-order valence-corrected chi connectivity index (χ3v) is 6.31. The predicted molar refractivity (Wildman–Crippen MR) is 123 cm³/mol. The van der Waals surface area contributed by atoms with Crippen molar-refractivity contribution >= 4 is 40.2 Å². The zero-order chi connectivity index (χ0) is 22.3. The first kappa shape index (κ1) is 24.1. The van der Waals surface area contributed by atoms with E-state index in [0.717, 1.165) is 28.0 Å². The molecule has 2 atom stereocenters. The lowest BCUT2D eigenvalue weighted by Gasteiger charge is -2.39. The number of nitrogens with zero attached hydrogens (tertiary/aromatic N) is 1. The lowest BCUT2D eigenvalue weighted by atomic mass is 9.79. The molecule has 0 aromatic carbocycles. The molecule has 1 saturated heterocycles. The zero-order valence-corrected chi connectivity index (χ0v) is 19.2. The fourth-order valence-corrected chi connectivity index (χ4v) is 4.42. The van der Waals surface area contributed by atoms with Crippen LogP contribution in [0.25, 0.3) is 0 Å². The van der Waals surface area contributed by atoms with Gasteiger partial charge in [0.15, 0.2) is 0 Å². The molecule has 8 heteroatoms. The quantitative estimate of drug-likeness (QED) is 0.321. The lowest BCUT2D eigenvalue weighted by Crippen LogP contribution is -2.41. The van der Waals surface area contributed by atoms with Crippen molar-refractivity contribution in [1.29, 1.82) is 0 Å². The average Bonchev–Trinajstić information content (AvgIpc) is 2.94. The van der Waals surface area contributed by atoms with Gasteiger partial charge in [0.2, 0.25) is 0 Å². The summed E-state index contributed by atoms with van der Waals surface area (Å²) < 4.78 is 12.1. The Labute approximate surface area is 187 Å². The van der Waals surface area contributed by atoms with Gasteiger partial charge < -0.3 is 14.6 Å². The van der Waals surface area contributed by atoms with E-state index in [4.69, 9.17) is 26.8 Å². The number of thiocarbonyl (C=S) groups is 1. The molecule has 2 aliphatic rings. The molecule has 2 unspecified atom stereocenters. The van der Waals surface area contributed by atoms with E-state index in [9.17, 15) is 9.59 Å². The van der Waals surface area contributed by atoms with Crippen LogP contribution in [0, 0.1) is 5.92 Å². The van der Waals surface area contributed by atoms with Crippen LogP contribution in [0.4, 0.5) is 0 Å². The van der Waals surface area contributed by atoms with E-state index in [0.29, 0.717) is 18.1 Å². The Morgan fingerprint density at radius 3 is 2.67 bits per heavy atom. The number of aliphatic carboxylic acids is 1. The lowest BCUT2D eigenvalue weighted by molar-refractivity contribution is -0.140. The molecule has 1 heterocycles. The van der Waals surface area contributed by atoms with Gasteiger partial charge in [0, 0.05) is 12.5 Å². The Hall–Kier alpha value is -2.16. The number of hydrogen-bond acceptors (Lipinski definition) is 6. The van der Waals surface area contributed by atoms with Gasteiger partial charge in [-0.05, 0) is 38.5 Å². The van der Waals surface area contributed by atoms with E-state index in [1.165, 1.54) is 0 Å². The van der Waals surface area contributed by atoms with E-state index in [1.54, 1.807) is 12.2 Å². The molecule has 1 amide bonds. The fraction of sp³-hybridized carbons (Fsp3) is 0.409. The van der Waals surface area contributed by atoms with Gasteiger partial charge in [-0.15, -0.1) is 0 Å². The van der Waals surface area contributed by atoms with Crippen LogP contribution in [0.1, 0.15) is 27.7 Å². The summed E-state index contributed by atoms with van der Waals surface area (Å²) in [7, 11) is 0. The van der Waals surface area contributed by atoms with Crippen LogP contribution in [-0.2, 0) is 19.1 Å². The normalized spacial score (nSPS) is 26.1. The molecule has 162 valence electrons. The van der Waals surface area contributed by atoms with Crippen molar-refractivity contribution in [2.45, 2.75) is 33.3 Å². The first-order valence-corrected chi connectivity index (χ1v) is 11.0. The van der Waals surface area contributed by atoms with Crippen LogP contribution in [0.5, 0.6) is 0 Å². The van der Waals surface area contributed by atoms with Crippen molar-refractivity contribution in [2.24, 2.45) is 5.92 Å². The number of carboxylic acid groups (broad SMARTS) is 1. The van der Waals surface area contributed by atoms with Crippen molar-refractivity contribution in [2.75, 3.05) is 19.8 Å². The van der Waals surface area contributed by atoms with Crippen LogP contribution in [-0.4, -0.2) is 51.6 Å². The first-order valence-electron chi connectivity index (χ1n) is 9.74. The molecule has 30 heavy (non-hydrogen) atoms. The molecular weight excluding hydrogens is 422 g/mol. The summed E-state index contributed by atoms with van der Waals surface area (Å²) in [6, 6.07) is 0. The van der Waals surface area contributed by atoms with E-state index in [2.05, 4.69) is 6.92 Å². The van der Waals surface area contributed by atoms with Crippen molar-refractivity contribution < 1.29 is 24.2 Å². The maximum Gasteiger partial charge on any atom is 0.323 e. The monoisotopic (exact) mass is 449 g/mol. The average molecular weight is 450 g/mol. The SMILES string of the molecule is CCOC1=CC=C(C=CC=CC=C2SC(=S)N(CC(=O)O)C2=O)C(C)C1(C)OCC. The number of rotatable bonds is 9. The number of carbonyl (C=O) groups is 2. The Morgan fingerprint density at radius 1 is 1.30 bits per heavy atom. The van der Waals surface area contributed by atoms with Crippen LogP contribution < -0.4 is 0 Å². The van der Waals surface area contributed by atoms with Crippen LogP contribution in [0.3, 0.4) is 0 Å². The van der Waals surface area contributed by atoms with Crippen molar-refractivity contribution in [1.82, 2.24) is 4.90 Å². The molecule has 0 radical (unpaired) electrons. The summed E-state index contributed by atoms with van der Waals surface area (Å²) >= 11 is 6.18. The molecule has 0 saturated carbocycles. The zero-order valence-electron chi connectivity index (χ0n) is 17.6. The Bertz CT molecular complexity index is 856. The second-order valence-electron chi connectivity index (χ2n) is 6.82. The minimum Gasteiger partial charge on any atom is -0.495 e. The summed E-state index contributed by atoms with van der Waals surface area (Å²) in [6.45, 7) is 8.82. The third-order valence-electron chi connectivity index (χ3n) is 4.91. The van der Waals surface area contributed by atoms with Crippen molar-refractivity contribution in [3.8, 4) is 0 Å². The van der Waals surface area contributed by atoms with E-state index in [1.807, 2.05) is 51.2 Å². The minimum absolute atomic E-state index is 0.0981. The maximum atomic E-state index is 12.2. The highest BCUT2D eigenvalue weighted by Crippen LogP contribution is 2.39. The maximum absolute atomic E-state index is 12.2. The molecule has 1 N–H and O–H groups in total. The van der Waals surface area contributed by atoms with Gasteiger partial charge in [0.25, 0.3) is 5.91 Å². The van der Waals surface area contributed by atoms with E-state index in [-0.39, 0.29) is 16.1 Å². The third kappa shape index (κ3) is 5.50. The number of hydrogen-bond donors (Lipinski definition) is 1. The summed E-state index contributed by atoms with van der Waals surface area (Å²) in [5, 5.41) is 8.87. The minimum atomic E-state index is -1.10. The van der Waals surface area contributed by atoms with Crippen LogP contribution in [0.15, 0.2) is 58.8 Å².